The molecular weight excluding hydrogens is 246 g/mol. The Bertz CT molecular complexity index is 726. The molecule has 0 amide bonds. The molecule has 2 heteroatoms. The third-order valence-electron chi connectivity index (χ3n) is 4.32. The predicted octanol–water partition coefficient (Wildman–Crippen LogP) is 3.45. The first-order chi connectivity index (χ1) is 9.85. The number of para-hydroxylation sites is 1. The fourth-order valence-corrected chi connectivity index (χ4v) is 3.02. The Kier molecular flexibility index (Phi) is 2.64. The summed E-state index contributed by atoms with van der Waals surface area (Å²) in [5.41, 5.74) is 7.57. The number of quaternary nitrogens is 1. The molecule has 1 aromatic heterocycles. The lowest BCUT2D eigenvalue weighted by molar-refractivity contribution is -0.372. The Morgan fingerprint density at radius 1 is 1.05 bits per heavy atom. The Balaban J connectivity index is 1.73. The third-order valence-corrected chi connectivity index (χ3v) is 4.32. The van der Waals surface area contributed by atoms with Gasteiger partial charge in [-0.05, 0) is 36.1 Å². The average Bonchev–Trinajstić information content (AvgIpc) is 3.17. The molecule has 2 aromatic carbocycles. The zero-order valence-corrected chi connectivity index (χ0v) is 11.4. The first-order valence-electron chi connectivity index (χ1n) is 7.23. The summed E-state index contributed by atoms with van der Waals surface area (Å²) in [6.07, 6.45) is 1.28. The highest BCUT2D eigenvalue weighted by molar-refractivity contribution is 5.82. The van der Waals surface area contributed by atoms with Crippen LogP contribution in [0.15, 0.2) is 59.0 Å². The smallest absolute Gasteiger partial charge is 0.135 e. The van der Waals surface area contributed by atoms with E-state index in [9.17, 15) is 0 Å². The molecule has 1 fully saturated rings. The van der Waals surface area contributed by atoms with Crippen LogP contribution in [0.4, 0.5) is 0 Å². The van der Waals surface area contributed by atoms with E-state index >= 15 is 0 Å². The van der Waals surface area contributed by atoms with E-state index in [1.54, 1.807) is 0 Å². The third kappa shape index (κ3) is 1.93. The molecule has 20 heavy (non-hydrogen) atoms. The van der Waals surface area contributed by atoms with Crippen LogP contribution >= 0.6 is 0 Å². The van der Waals surface area contributed by atoms with Crippen molar-refractivity contribution in [1.82, 2.24) is 0 Å². The van der Waals surface area contributed by atoms with Gasteiger partial charge in [-0.1, -0.05) is 36.4 Å². The molecule has 2 unspecified atom stereocenters. The van der Waals surface area contributed by atoms with Crippen LogP contribution in [-0.4, -0.2) is 6.54 Å². The van der Waals surface area contributed by atoms with E-state index in [1.807, 2.05) is 18.2 Å². The fraction of sp³-hybridized carbons (Fsp3) is 0.222. The standard InChI is InChI=1S/C18H17NO/c19-11-15-9-16(15)12-5-3-6-13(8-12)18-10-14-4-1-2-7-17(14)20-18/h1-8,10,15-16H,9,11,19H2/p+1. The van der Waals surface area contributed by atoms with E-state index in [2.05, 4.69) is 42.1 Å². The predicted molar refractivity (Wildman–Crippen MR) is 80.3 cm³/mol. The number of hydrogen-bond donors (Lipinski definition) is 1. The van der Waals surface area contributed by atoms with Gasteiger partial charge in [0.2, 0.25) is 0 Å². The first kappa shape index (κ1) is 11.7. The van der Waals surface area contributed by atoms with Crippen molar-refractivity contribution in [2.75, 3.05) is 6.54 Å². The molecule has 1 heterocycles. The topological polar surface area (TPSA) is 40.8 Å². The summed E-state index contributed by atoms with van der Waals surface area (Å²) in [4.78, 5) is 0. The van der Waals surface area contributed by atoms with Crippen LogP contribution in [0.2, 0.25) is 0 Å². The van der Waals surface area contributed by atoms with Crippen molar-refractivity contribution in [3.8, 4) is 11.3 Å². The van der Waals surface area contributed by atoms with Crippen LogP contribution in [0.25, 0.3) is 22.3 Å². The lowest BCUT2D eigenvalue weighted by Gasteiger charge is -2.02. The summed E-state index contributed by atoms with van der Waals surface area (Å²) in [5, 5.41) is 1.16. The molecular formula is C18H18NO+. The largest absolute Gasteiger partial charge is 0.456 e. The normalized spacial score (nSPS) is 21.2. The van der Waals surface area contributed by atoms with Gasteiger partial charge in [-0.3, -0.25) is 0 Å². The van der Waals surface area contributed by atoms with Crippen molar-refractivity contribution in [2.24, 2.45) is 5.92 Å². The van der Waals surface area contributed by atoms with Gasteiger partial charge in [0.05, 0.1) is 6.54 Å². The lowest BCUT2D eigenvalue weighted by Crippen LogP contribution is -2.51. The van der Waals surface area contributed by atoms with E-state index in [-0.39, 0.29) is 0 Å². The second kappa shape index (κ2) is 4.50. The Morgan fingerprint density at radius 3 is 2.75 bits per heavy atom. The Labute approximate surface area is 118 Å². The highest BCUT2D eigenvalue weighted by Gasteiger charge is 2.38. The minimum atomic E-state index is 0.705. The molecule has 1 aliphatic rings. The molecule has 0 spiro atoms. The number of furan rings is 1. The summed E-state index contributed by atoms with van der Waals surface area (Å²) in [6, 6.07) is 19.0. The van der Waals surface area contributed by atoms with Gasteiger partial charge < -0.3 is 10.2 Å². The van der Waals surface area contributed by atoms with Gasteiger partial charge in [-0.2, -0.15) is 0 Å². The molecule has 0 bridgehead atoms. The minimum Gasteiger partial charge on any atom is -0.456 e. The van der Waals surface area contributed by atoms with Gasteiger partial charge in [0.25, 0.3) is 0 Å². The van der Waals surface area contributed by atoms with Gasteiger partial charge in [0.1, 0.15) is 11.3 Å². The highest BCUT2D eigenvalue weighted by Crippen LogP contribution is 2.47. The molecule has 3 N–H and O–H groups in total. The summed E-state index contributed by atoms with van der Waals surface area (Å²) in [6.45, 7) is 1.04. The average molecular weight is 264 g/mol. The SMILES string of the molecule is [NH3+]CC1CC1c1cccc(-c2cc3ccccc3o2)c1. The molecule has 0 radical (unpaired) electrons. The quantitative estimate of drug-likeness (QED) is 0.773. The minimum absolute atomic E-state index is 0.705. The van der Waals surface area contributed by atoms with Crippen molar-refractivity contribution >= 4 is 11.0 Å². The van der Waals surface area contributed by atoms with Crippen LogP contribution < -0.4 is 5.73 Å². The van der Waals surface area contributed by atoms with Crippen molar-refractivity contribution in [2.45, 2.75) is 12.3 Å². The van der Waals surface area contributed by atoms with Gasteiger partial charge in [-0.15, -0.1) is 0 Å². The molecule has 3 aromatic rings. The Morgan fingerprint density at radius 2 is 1.95 bits per heavy atom. The van der Waals surface area contributed by atoms with E-state index in [0.29, 0.717) is 5.92 Å². The second-order valence-electron chi connectivity index (χ2n) is 5.66. The number of fused-ring (bicyclic) bond motifs is 1. The molecule has 1 saturated carbocycles. The number of rotatable bonds is 3. The van der Waals surface area contributed by atoms with Crippen LogP contribution in [0.3, 0.4) is 0 Å². The summed E-state index contributed by atoms with van der Waals surface area (Å²) in [5.74, 6) is 2.44. The summed E-state index contributed by atoms with van der Waals surface area (Å²) in [7, 11) is 0. The van der Waals surface area contributed by atoms with E-state index in [0.717, 1.165) is 29.2 Å². The van der Waals surface area contributed by atoms with Crippen molar-refractivity contribution in [3.05, 3.63) is 60.2 Å². The molecule has 1 aliphatic carbocycles. The maximum absolute atomic E-state index is 5.95. The van der Waals surface area contributed by atoms with E-state index < -0.39 is 0 Å². The molecule has 0 saturated heterocycles. The first-order valence-corrected chi connectivity index (χ1v) is 7.23. The maximum atomic E-state index is 5.95. The van der Waals surface area contributed by atoms with E-state index in [1.165, 1.54) is 17.5 Å². The summed E-state index contributed by atoms with van der Waals surface area (Å²) < 4.78 is 5.95. The number of hydrogen-bond acceptors (Lipinski definition) is 1. The molecule has 100 valence electrons. The summed E-state index contributed by atoms with van der Waals surface area (Å²) >= 11 is 0. The van der Waals surface area contributed by atoms with Crippen LogP contribution in [-0.2, 0) is 0 Å². The fourth-order valence-electron chi connectivity index (χ4n) is 3.02. The molecule has 2 nitrogen and oxygen atoms in total. The molecule has 0 aliphatic heterocycles. The molecule has 4 rings (SSSR count). The maximum Gasteiger partial charge on any atom is 0.135 e. The van der Waals surface area contributed by atoms with Crippen molar-refractivity contribution in [1.29, 1.82) is 0 Å². The zero-order valence-electron chi connectivity index (χ0n) is 11.4. The number of benzene rings is 2. The Hall–Kier alpha value is -2.06. The van der Waals surface area contributed by atoms with Crippen LogP contribution in [0.5, 0.6) is 0 Å². The monoisotopic (exact) mass is 264 g/mol. The van der Waals surface area contributed by atoms with Gasteiger partial charge in [-0.25, -0.2) is 0 Å². The van der Waals surface area contributed by atoms with Gasteiger partial charge in [0.15, 0.2) is 0 Å². The molecule has 2 atom stereocenters. The van der Waals surface area contributed by atoms with Crippen LogP contribution in [0, 0.1) is 5.92 Å². The van der Waals surface area contributed by atoms with Gasteiger partial charge >= 0.3 is 0 Å². The van der Waals surface area contributed by atoms with Crippen molar-refractivity contribution < 1.29 is 10.2 Å². The highest BCUT2D eigenvalue weighted by atomic mass is 16.3. The second-order valence-corrected chi connectivity index (χ2v) is 5.66. The lowest BCUT2D eigenvalue weighted by atomic mass is 10.0. The zero-order chi connectivity index (χ0) is 13.5. The van der Waals surface area contributed by atoms with Crippen molar-refractivity contribution in [3.63, 3.8) is 0 Å². The van der Waals surface area contributed by atoms with Crippen LogP contribution in [0.1, 0.15) is 17.9 Å². The van der Waals surface area contributed by atoms with E-state index in [4.69, 9.17) is 4.42 Å². The van der Waals surface area contributed by atoms with Gasteiger partial charge in [0, 0.05) is 16.9 Å².